The molecule has 0 radical (unpaired) electrons. The van der Waals surface area contributed by atoms with E-state index in [-0.39, 0.29) is 0 Å². The lowest BCUT2D eigenvalue weighted by atomic mass is 10.1. The van der Waals surface area contributed by atoms with Gasteiger partial charge >= 0.3 is 0 Å². The van der Waals surface area contributed by atoms with E-state index >= 15 is 0 Å². The Balaban J connectivity index is 1.23. The van der Waals surface area contributed by atoms with E-state index in [0.29, 0.717) is 5.54 Å². The van der Waals surface area contributed by atoms with Crippen LogP contribution in [0.15, 0.2) is 60.7 Å². The van der Waals surface area contributed by atoms with E-state index < -0.39 is 0 Å². The fraction of sp³-hybridized carbons (Fsp3) is 0.455. The molecule has 0 atom stereocenters. The monoisotopic (exact) mass is 335 g/mol. The predicted molar refractivity (Wildman–Crippen MR) is 105 cm³/mol. The van der Waals surface area contributed by atoms with Crippen LogP contribution in [0.4, 0.5) is 5.69 Å². The van der Waals surface area contributed by atoms with Crippen molar-refractivity contribution in [2.75, 3.05) is 44.6 Å². The van der Waals surface area contributed by atoms with Gasteiger partial charge in [-0.2, -0.15) is 0 Å². The molecule has 1 aliphatic heterocycles. The van der Waals surface area contributed by atoms with Gasteiger partial charge in [0.05, 0.1) is 0 Å². The summed E-state index contributed by atoms with van der Waals surface area (Å²) in [6.07, 6.45) is 3.86. The minimum Gasteiger partial charge on any atom is -0.383 e. The highest BCUT2D eigenvalue weighted by Gasteiger charge is 2.48. The first-order chi connectivity index (χ1) is 12.3. The number of nitrogens with zero attached hydrogens (tertiary/aromatic N) is 2. The molecule has 3 heteroatoms. The second-order valence-electron chi connectivity index (χ2n) is 7.51. The van der Waals surface area contributed by atoms with E-state index in [1.54, 1.807) is 0 Å². The molecule has 1 saturated heterocycles. The minimum absolute atomic E-state index is 0.418. The standard InChI is InChI=1S/C22H29N3/c1-3-7-20(8-4-1)11-14-24-15-17-25(18-16-24)22(12-13-22)19-23-21-9-5-2-6-10-21/h1-10,23H,11-19H2. The smallest absolute Gasteiger partial charge is 0.0384 e. The average Bonchev–Trinajstić information content (AvgIpc) is 3.48. The Morgan fingerprint density at radius 1 is 0.800 bits per heavy atom. The predicted octanol–water partition coefficient (Wildman–Crippen LogP) is 3.49. The van der Waals surface area contributed by atoms with E-state index in [2.05, 4.69) is 75.8 Å². The molecule has 2 fully saturated rings. The Morgan fingerprint density at radius 2 is 1.44 bits per heavy atom. The SMILES string of the molecule is c1ccc(CCN2CCN(C3(CNc4ccccc4)CC3)CC2)cc1. The zero-order valence-electron chi connectivity index (χ0n) is 15.0. The first-order valence-electron chi connectivity index (χ1n) is 9.64. The summed E-state index contributed by atoms with van der Waals surface area (Å²) < 4.78 is 0. The molecule has 25 heavy (non-hydrogen) atoms. The van der Waals surface area contributed by atoms with Crippen LogP contribution in [0, 0.1) is 0 Å². The molecule has 0 bridgehead atoms. The van der Waals surface area contributed by atoms with Crippen LogP contribution in [0.3, 0.4) is 0 Å². The lowest BCUT2D eigenvalue weighted by Gasteiger charge is -2.40. The molecule has 2 aliphatic rings. The lowest BCUT2D eigenvalue weighted by Crippen LogP contribution is -2.53. The second kappa shape index (κ2) is 7.59. The highest BCUT2D eigenvalue weighted by Crippen LogP contribution is 2.42. The maximum absolute atomic E-state index is 3.65. The molecule has 0 spiro atoms. The number of benzene rings is 2. The van der Waals surface area contributed by atoms with Gasteiger partial charge in [0.2, 0.25) is 0 Å². The van der Waals surface area contributed by atoms with E-state index in [9.17, 15) is 0 Å². The van der Waals surface area contributed by atoms with E-state index in [1.807, 2.05) is 0 Å². The quantitative estimate of drug-likeness (QED) is 0.835. The largest absolute Gasteiger partial charge is 0.383 e. The molecule has 1 aliphatic carbocycles. The van der Waals surface area contributed by atoms with Crippen LogP contribution < -0.4 is 5.32 Å². The van der Waals surface area contributed by atoms with Crippen molar-refractivity contribution in [2.45, 2.75) is 24.8 Å². The molecule has 4 rings (SSSR count). The van der Waals surface area contributed by atoms with E-state index in [0.717, 1.165) is 6.54 Å². The molecule has 3 nitrogen and oxygen atoms in total. The second-order valence-corrected chi connectivity index (χ2v) is 7.51. The molecule has 132 valence electrons. The Hall–Kier alpha value is -1.84. The van der Waals surface area contributed by atoms with E-state index in [1.165, 1.54) is 63.2 Å². The summed E-state index contributed by atoms with van der Waals surface area (Å²) in [6.45, 7) is 7.12. The van der Waals surface area contributed by atoms with Gasteiger partial charge in [0.1, 0.15) is 0 Å². The highest BCUT2D eigenvalue weighted by atomic mass is 15.3. The summed E-state index contributed by atoms with van der Waals surface area (Å²) in [4.78, 5) is 5.37. The third-order valence-electron chi connectivity index (χ3n) is 5.83. The van der Waals surface area contributed by atoms with Crippen LogP contribution in [0.5, 0.6) is 0 Å². The molecule has 0 unspecified atom stereocenters. The number of hydrogen-bond acceptors (Lipinski definition) is 3. The normalized spacial score (nSPS) is 20.3. The average molecular weight is 335 g/mol. The molecule has 2 aromatic carbocycles. The first-order valence-corrected chi connectivity index (χ1v) is 9.64. The summed E-state index contributed by atoms with van der Waals surface area (Å²) in [5.74, 6) is 0. The van der Waals surface area contributed by atoms with Crippen LogP contribution in [0.2, 0.25) is 0 Å². The fourth-order valence-electron chi connectivity index (χ4n) is 3.95. The molecule has 0 amide bonds. The van der Waals surface area contributed by atoms with Crippen LogP contribution in [-0.4, -0.2) is 54.6 Å². The maximum Gasteiger partial charge on any atom is 0.0384 e. The number of hydrogen-bond donors (Lipinski definition) is 1. The van der Waals surface area contributed by atoms with Crippen LogP contribution in [-0.2, 0) is 6.42 Å². The maximum atomic E-state index is 3.65. The Kier molecular flexibility index (Phi) is 5.04. The van der Waals surface area contributed by atoms with Gasteiger partial charge in [-0.05, 0) is 37.0 Å². The van der Waals surface area contributed by atoms with Crippen molar-refractivity contribution in [3.63, 3.8) is 0 Å². The molecule has 0 aromatic heterocycles. The van der Waals surface area contributed by atoms with Gasteiger partial charge in [-0.1, -0.05) is 48.5 Å². The third-order valence-corrected chi connectivity index (χ3v) is 5.83. The molecule has 1 heterocycles. The molecular formula is C22H29N3. The van der Waals surface area contributed by atoms with Crippen molar-refractivity contribution in [1.29, 1.82) is 0 Å². The van der Waals surface area contributed by atoms with Crippen molar-refractivity contribution < 1.29 is 0 Å². The number of anilines is 1. The van der Waals surface area contributed by atoms with Gasteiger partial charge in [-0.3, -0.25) is 4.90 Å². The van der Waals surface area contributed by atoms with Gasteiger partial charge in [0.25, 0.3) is 0 Å². The van der Waals surface area contributed by atoms with Crippen molar-refractivity contribution in [1.82, 2.24) is 9.80 Å². The first kappa shape index (κ1) is 16.6. The zero-order chi connectivity index (χ0) is 17.0. The molecule has 2 aromatic rings. The van der Waals surface area contributed by atoms with Crippen molar-refractivity contribution in [3.05, 3.63) is 66.2 Å². The van der Waals surface area contributed by atoms with Gasteiger partial charge < -0.3 is 10.2 Å². The van der Waals surface area contributed by atoms with Crippen molar-refractivity contribution >= 4 is 5.69 Å². The minimum atomic E-state index is 0.418. The van der Waals surface area contributed by atoms with Crippen LogP contribution in [0.1, 0.15) is 18.4 Å². The van der Waals surface area contributed by atoms with Gasteiger partial charge in [0, 0.05) is 50.5 Å². The summed E-state index contributed by atoms with van der Waals surface area (Å²) in [5.41, 5.74) is 3.12. The van der Waals surface area contributed by atoms with Gasteiger partial charge in [-0.25, -0.2) is 0 Å². The molecular weight excluding hydrogens is 306 g/mol. The summed E-state index contributed by atoms with van der Waals surface area (Å²) in [5, 5.41) is 3.65. The lowest BCUT2D eigenvalue weighted by molar-refractivity contribution is 0.0903. The van der Waals surface area contributed by atoms with Gasteiger partial charge in [0.15, 0.2) is 0 Å². The molecule has 1 saturated carbocycles. The summed E-state index contributed by atoms with van der Waals surface area (Å²) in [6, 6.07) is 21.5. The van der Waals surface area contributed by atoms with E-state index in [4.69, 9.17) is 0 Å². The van der Waals surface area contributed by atoms with Crippen molar-refractivity contribution in [2.24, 2.45) is 0 Å². The third kappa shape index (κ3) is 4.23. The summed E-state index contributed by atoms with van der Waals surface area (Å²) >= 11 is 0. The highest BCUT2D eigenvalue weighted by molar-refractivity contribution is 5.43. The van der Waals surface area contributed by atoms with Crippen molar-refractivity contribution in [3.8, 4) is 0 Å². The Labute approximate surface area is 151 Å². The van der Waals surface area contributed by atoms with Gasteiger partial charge in [-0.15, -0.1) is 0 Å². The van der Waals surface area contributed by atoms with Crippen LogP contribution >= 0.6 is 0 Å². The Bertz CT molecular complexity index is 643. The number of nitrogens with one attached hydrogen (secondary N) is 1. The zero-order valence-corrected chi connectivity index (χ0v) is 15.0. The number of piperazine rings is 1. The Morgan fingerprint density at radius 3 is 2.08 bits per heavy atom. The van der Waals surface area contributed by atoms with Crippen LogP contribution in [0.25, 0.3) is 0 Å². The fourth-order valence-corrected chi connectivity index (χ4v) is 3.95. The molecule has 1 N–H and O–H groups in total. The number of para-hydroxylation sites is 1. The summed E-state index contributed by atoms with van der Waals surface area (Å²) in [7, 11) is 0. The topological polar surface area (TPSA) is 18.5 Å². The number of rotatable bonds is 7.